The van der Waals surface area contributed by atoms with E-state index in [9.17, 15) is 0 Å². The number of nitrogens with two attached hydrogens (primary N) is 1. The number of nitrogens with one attached hydrogen (secondary N) is 1. The van der Waals surface area contributed by atoms with Crippen molar-refractivity contribution in [3.63, 3.8) is 0 Å². The highest BCUT2D eigenvalue weighted by Crippen LogP contribution is 2.27. The number of ether oxygens (including phenoxy) is 3. The van der Waals surface area contributed by atoms with Crippen LogP contribution in [0.25, 0.3) is 0 Å². The monoisotopic (exact) mass is 466 g/mol. The summed E-state index contributed by atoms with van der Waals surface area (Å²) in [6.45, 7) is 3.83. The first kappa shape index (κ1) is 23.7. The third-order valence-electron chi connectivity index (χ3n) is 3.61. The van der Waals surface area contributed by atoms with Crippen LogP contribution < -0.4 is 20.5 Å². The highest BCUT2D eigenvalue weighted by atomic mass is 127. The Morgan fingerprint density at radius 3 is 2.52 bits per heavy atom. The third-order valence-corrected chi connectivity index (χ3v) is 3.61. The number of likely N-dealkylation sites (N-methyl/N-ethyl adjacent to an activating group) is 1. The van der Waals surface area contributed by atoms with Crippen molar-refractivity contribution in [2.45, 2.75) is 6.42 Å². The Morgan fingerprint density at radius 1 is 1.16 bits per heavy atom. The molecule has 3 N–H and O–H groups in total. The van der Waals surface area contributed by atoms with Crippen LogP contribution in [-0.4, -0.2) is 72.0 Å². The van der Waals surface area contributed by atoms with Gasteiger partial charge in [-0.2, -0.15) is 0 Å². The fourth-order valence-electron chi connectivity index (χ4n) is 2.13. The second kappa shape index (κ2) is 14.0. The van der Waals surface area contributed by atoms with Crippen molar-refractivity contribution in [2.24, 2.45) is 10.7 Å². The maximum atomic E-state index is 5.88. The maximum Gasteiger partial charge on any atom is 0.188 e. The van der Waals surface area contributed by atoms with Crippen molar-refractivity contribution in [3.05, 3.63) is 23.8 Å². The number of hydrogen-bond donors (Lipinski definition) is 2. The van der Waals surface area contributed by atoms with Crippen LogP contribution in [0.5, 0.6) is 11.5 Å². The van der Waals surface area contributed by atoms with E-state index in [0.717, 1.165) is 43.2 Å². The zero-order chi connectivity index (χ0) is 17.8. The molecule has 0 aliphatic carbocycles. The molecule has 7 nitrogen and oxygen atoms in total. The van der Waals surface area contributed by atoms with E-state index in [-0.39, 0.29) is 24.0 Å². The first-order valence-corrected chi connectivity index (χ1v) is 8.02. The molecule has 0 bridgehead atoms. The van der Waals surface area contributed by atoms with E-state index < -0.39 is 0 Å². The number of benzene rings is 1. The quantitative estimate of drug-likeness (QED) is 0.291. The lowest BCUT2D eigenvalue weighted by atomic mass is 10.1. The minimum atomic E-state index is 0. The molecule has 144 valence electrons. The number of guanidine groups is 1. The molecule has 0 fully saturated rings. The van der Waals surface area contributed by atoms with E-state index in [2.05, 4.69) is 15.2 Å². The van der Waals surface area contributed by atoms with Gasteiger partial charge < -0.3 is 30.2 Å². The second-order valence-corrected chi connectivity index (χ2v) is 5.43. The van der Waals surface area contributed by atoms with E-state index in [1.54, 1.807) is 21.3 Å². The smallest absolute Gasteiger partial charge is 0.188 e. The lowest BCUT2D eigenvalue weighted by Crippen LogP contribution is -2.34. The van der Waals surface area contributed by atoms with Crippen LogP contribution in [0.3, 0.4) is 0 Å². The molecular formula is C17H31IN4O3. The molecule has 0 saturated carbocycles. The summed E-state index contributed by atoms with van der Waals surface area (Å²) in [6.07, 6.45) is 0.824. The summed E-state index contributed by atoms with van der Waals surface area (Å²) < 4.78 is 15.6. The fraction of sp³-hybridized carbons (Fsp3) is 0.588. The summed E-state index contributed by atoms with van der Waals surface area (Å²) in [5.74, 6) is 1.93. The van der Waals surface area contributed by atoms with Crippen molar-refractivity contribution in [1.29, 1.82) is 0 Å². The second-order valence-electron chi connectivity index (χ2n) is 5.43. The zero-order valence-corrected chi connectivity index (χ0v) is 17.9. The van der Waals surface area contributed by atoms with Gasteiger partial charge in [0.25, 0.3) is 0 Å². The van der Waals surface area contributed by atoms with Crippen LogP contribution in [0, 0.1) is 0 Å². The van der Waals surface area contributed by atoms with Gasteiger partial charge in [-0.05, 0) is 31.2 Å². The van der Waals surface area contributed by atoms with Crippen molar-refractivity contribution in [1.82, 2.24) is 10.2 Å². The highest BCUT2D eigenvalue weighted by Gasteiger charge is 2.04. The van der Waals surface area contributed by atoms with Gasteiger partial charge in [0.2, 0.25) is 0 Å². The van der Waals surface area contributed by atoms with Crippen LogP contribution in [-0.2, 0) is 11.2 Å². The summed E-state index contributed by atoms with van der Waals surface area (Å²) in [4.78, 5) is 6.48. The van der Waals surface area contributed by atoms with Crippen LogP contribution in [0.2, 0.25) is 0 Å². The number of nitrogens with zero attached hydrogens (tertiary/aromatic N) is 2. The molecule has 1 aromatic carbocycles. The predicted octanol–water partition coefficient (Wildman–Crippen LogP) is 1.35. The average molecular weight is 466 g/mol. The molecule has 0 unspecified atom stereocenters. The van der Waals surface area contributed by atoms with Crippen LogP contribution in [0.4, 0.5) is 0 Å². The Kier molecular flexibility index (Phi) is 13.3. The van der Waals surface area contributed by atoms with Gasteiger partial charge in [-0.1, -0.05) is 6.07 Å². The van der Waals surface area contributed by atoms with E-state index in [1.165, 1.54) is 0 Å². The standard InChI is InChI=1S/C17H30N4O3.HI/c1-21(11-12-22-2)10-9-20-17(18)19-8-7-14-5-6-15(23-3)16(13-14)24-4;/h5-6,13H,7-12H2,1-4H3,(H3,18,19,20);1H. The van der Waals surface area contributed by atoms with Crippen LogP contribution in [0.15, 0.2) is 23.2 Å². The average Bonchev–Trinajstić information content (AvgIpc) is 2.59. The molecule has 0 aromatic heterocycles. The lowest BCUT2D eigenvalue weighted by molar-refractivity contribution is 0.163. The Bertz CT molecular complexity index is 515. The van der Waals surface area contributed by atoms with Crippen molar-refractivity contribution in [2.75, 3.05) is 61.2 Å². The van der Waals surface area contributed by atoms with E-state index in [1.807, 2.05) is 25.2 Å². The van der Waals surface area contributed by atoms with Crippen molar-refractivity contribution >= 4 is 29.9 Å². The Hall–Kier alpha value is -1.26. The molecule has 0 heterocycles. The summed E-state index contributed by atoms with van der Waals surface area (Å²) in [5.41, 5.74) is 7.02. The van der Waals surface area contributed by atoms with E-state index >= 15 is 0 Å². The molecule has 0 radical (unpaired) electrons. The largest absolute Gasteiger partial charge is 0.493 e. The topological polar surface area (TPSA) is 81.3 Å². The van der Waals surface area contributed by atoms with Crippen LogP contribution >= 0.6 is 24.0 Å². The van der Waals surface area contributed by atoms with Gasteiger partial charge in [-0.25, -0.2) is 0 Å². The highest BCUT2D eigenvalue weighted by molar-refractivity contribution is 14.0. The molecule has 0 atom stereocenters. The number of methoxy groups -OCH3 is 3. The molecule has 25 heavy (non-hydrogen) atoms. The molecule has 0 aliphatic rings. The summed E-state index contributed by atoms with van der Waals surface area (Å²) in [6, 6.07) is 5.89. The van der Waals surface area contributed by atoms with Gasteiger partial charge in [-0.3, -0.25) is 4.99 Å². The summed E-state index contributed by atoms with van der Waals surface area (Å²) >= 11 is 0. The van der Waals surface area contributed by atoms with E-state index in [0.29, 0.717) is 19.0 Å². The van der Waals surface area contributed by atoms with Gasteiger partial charge in [-0.15, -0.1) is 24.0 Å². The zero-order valence-electron chi connectivity index (χ0n) is 15.6. The molecule has 0 amide bonds. The number of aliphatic imine (C=N–C) groups is 1. The van der Waals surface area contributed by atoms with Crippen molar-refractivity contribution < 1.29 is 14.2 Å². The summed E-state index contributed by atoms with van der Waals surface area (Å²) in [7, 11) is 7.00. The number of hydrogen-bond acceptors (Lipinski definition) is 5. The Morgan fingerprint density at radius 2 is 1.88 bits per heavy atom. The Labute approximate surface area is 167 Å². The van der Waals surface area contributed by atoms with Gasteiger partial charge in [0, 0.05) is 26.7 Å². The molecule has 8 heteroatoms. The molecule has 1 rings (SSSR count). The van der Waals surface area contributed by atoms with Gasteiger partial charge >= 0.3 is 0 Å². The first-order valence-electron chi connectivity index (χ1n) is 8.02. The SMILES string of the molecule is COCCN(C)CCN=C(N)NCCc1ccc(OC)c(OC)c1.I. The van der Waals surface area contributed by atoms with E-state index in [4.69, 9.17) is 19.9 Å². The minimum Gasteiger partial charge on any atom is -0.493 e. The minimum absolute atomic E-state index is 0. The van der Waals surface area contributed by atoms with Crippen molar-refractivity contribution in [3.8, 4) is 11.5 Å². The molecule has 0 aliphatic heterocycles. The fourth-order valence-corrected chi connectivity index (χ4v) is 2.13. The normalized spacial score (nSPS) is 11.2. The molecular weight excluding hydrogens is 435 g/mol. The van der Waals surface area contributed by atoms with Gasteiger partial charge in [0.15, 0.2) is 17.5 Å². The Balaban J connectivity index is 0.00000576. The number of rotatable bonds is 11. The summed E-state index contributed by atoms with van der Waals surface area (Å²) in [5, 5.41) is 3.13. The first-order chi connectivity index (χ1) is 11.6. The maximum absolute atomic E-state index is 5.88. The van der Waals surface area contributed by atoms with Crippen LogP contribution in [0.1, 0.15) is 5.56 Å². The molecule has 1 aromatic rings. The molecule has 0 spiro atoms. The van der Waals surface area contributed by atoms with Gasteiger partial charge in [0.1, 0.15) is 0 Å². The lowest BCUT2D eigenvalue weighted by Gasteiger charge is -2.14. The predicted molar refractivity (Wildman–Crippen MR) is 113 cm³/mol. The number of halogens is 1. The molecule has 0 saturated heterocycles. The third kappa shape index (κ3) is 9.71. The van der Waals surface area contributed by atoms with Gasteiger partial charge in [0.05, 0.1) is 27.4 Å².